The van der Waals surface area contributed by atoms with Gasteiger partial charge in [-0.05, 0) is 36.8 Å². The van der Waals surface area contributed by atoms with E-state index < -0.39 is 15.9 Å². The number of likely N-dealkylation sites (N-methyl/N-ethyl adjacent to an activating group) is 1. The summed E-state index contributed by atoms with van der Waals surface area (Å²) in [6, 6.07) is 7.96. The van der Waals surface area contributed by atoms with Crippen LogP contribution in [0.5, 0.6) is 0 Å². The quantitative estimate of drug-likeness (QED) is 0.698. The highest BCUT2D eigenvalue weighted by atomic mass is 35.5. The fourth-order valence-corrected chi connectivity index (χ4v) is 5.64. The molecule has 2 heterocycles. The first-order valence-corrected chi connectivity index (χ1v) is 11.8. The summed E-state index contributed by atoms with van der Waals surface area (Å²) in [6.07, 6.45) is 0. The average Bonchev–Trinajstić information content (AvgIpc) is 3.22. The molecule has 30 heavy (non-hydrogen) atoms. The van der Waals surface area contributed by atoms with Crippen LogP contribution in [0.4, 0.5) is 5.69 Å². The van der Waals surface area contributed by atoms with E-state index in [4.69, 9.17) is 16.3 Å². The second kappa shape index (κ2) is 9.44. The zero-order valence-corrected chi connectivity index (χ0v) is 18.9. The Labute approximate surface area is 184 Å². The summed E-state index contributed by atoms with van der Waals surface area (Å²) in [7, 11) is -2.60. The molecule has 0 unspecified atom stereocenters. The number of hydrogen-bond donors (Lipinski definition) is 1. The minimum absolute atomic E-state index is 0.00773. The van der Waals surface area contributed by atoms with Crippen LogP contribution >= 0.6 is 22.9 Å². The topological polar surface area (TPSA) is 96.0 Å². The minimum atomic E-state index is -3.92. The fourth-order valence-electron chi connectivity index (χ4n) is 2.86. The number of anilines is 1. The molecule has 0 saturated carbocycles. The average molecular weight is 472 g/mol. The normalized spacial score (nSPS) is 14.7. The van der Waals surface area contributed by atoms with Crippen LogP contribution in [0.2, 0.25) is 5.02 Å². The summed E-state index contributed by atoms with van der Waals surface area (Å²) in [4.78, 5) is 26.9. The van der Waals surface area contributed by atoms with Crippen molar-refractivity contribution >= 4 is 50.5 Å². The lowest BCUT2D eigenvalue weighted by molar-refractivity contribution is -0.116. The lowest BCUT2D eigenvalue weighted by Gasteiger charge is -2.26. The summed E-state index contributed by atoms with van der Waals surface area (Å²) in [6.45, 7) is 3.31. The zero-order chi connectivity index (χ0) is 21.9. The molecule has 0 radical (unpaired) electrons. The molecule has 8 nitrogen and oxygen atoms in total. The predicted octanol–water partition coefficient (Wildman–Crippen LogP) is 2.44. The van der Waals surface area contributed by atoms with Gasteiger partial charge in [-0.1, -0.05) is 17.7 Å². The third-order valence-corrected chi connectivity index (χ3v) is 8.17. The molecule has 1 aliphatic rings. The van der Waals surface area contributed by atoms with Gasteiger partial charge in [-0.3, -0.25) is 9.59 Å². The Morgan fingerprint density at radius 1 is 1.23 bits per heavy atom. The highest BCUT2D eigenvalue weighted by molar-refractivity contribution is 7.91. The Morgan fingerprint density at radius 2 is 1.93 bits per heavy atom. The first kappa shape index (κ1) is 22.7. The Hall–Kier alpha value is -1.98. The van der Waals surface area contributed by atoms with Gasteiger partial charge in [0.25, 0.3) is 15.9 Å². The SMILES string of the molecule is Cc1ccc(Cl)cc1NC(=O)CN(C)S(=O)(=O)c1ccc(C(=O)N2CCOCC2)s1. The second-order valence-corrected chi connectivity index (χ2v) is 10.6. The number of sulfonamides is 1. The summed E-state index contributed by atoms with van der Waals surface area (Å²) < 4.78 is 31.9. The number of aryl methyl sites for hydroxylation is 1. The van der Waals surface area contributed by atoms with Crippen molar-refractivity contribution in [3.63, 3.8) is 0 Å². The van der Waals surface area contributed by atoms with Crippen molar-refractivity contribution < 1.29 is 22.7 Å². The van der Waals surface area contributed by atoms with Gasteiger partial charge >= 0.3 is 0 Å². The van der Waals surface area contributed by atoms with E-state index in [0.717, 1.165) is 21.2 Å². The van der Waals surface area contributed by atoms with Gasteiger partial charge in [0.1, 0.15) is 4.21 Å². The molecule has 0 spiro atoms. The smallest absolute Gasteiger partial charge is 0.264 e. The van der Waals surface area contributed by atoms with Crippen LogP contribution in [0, 0.1) is 6.92 Å². The molecule has 0 aliphatic carbocycles. The van der Waals surface area contributed by atoms with E-state index in [1.54, 1.807) is 23.1 Å². The molecular formula is C19H22ClN3O5S2. The predicted molar refractivity (Wildman–Crippen MR) is 116 cm³/mol. The van der Waals surface area contributed by atoms with Crippen LogP contribution in [0.15, 0.2) is 34.5 Å². The molecule has 1 saturated heterocycles. The van der Waals surface area contributed by atoms with Crippen LogP contribution in [-0.2, 0) is 19.6 Å². The highest BCUT2D eigenvalue weighted by Gasteiger charge is 2.27. The number of nitrogens with one attached hydrogen (secondary N) is 1. The van der Waals surface area contributed by atoms with Gasteiger partial charge in [0.15, 0.2) is 0 Å². The number of hydrogen-bond acceptors (Lipinski definition) is 6. The summed E-state index contributed by atoms with van der Waals surface area (Å²) in [5.41, 5.74) is 1.33. The number of rotatable bonds is 6. The van der Waals surface area contributed by atoms with Crippen LogP contribution in [0.25, 0.3) is 0 Å². The lowest BCUT2D eigenvalue weighted by atomic mass is 10.2. The van der Waals surface area contributed by atoms with Crippen LogP contribution < -0.4 is 5.32 Å². The summed E-state index contributed by atoms with van der Waals surface area (Å²) in [5, 5.41) is 3.14. The number of morpholine rings is 1. The first-order chi connectivity index (χ1) is 14.2. The molecule has 1 aromatic carbocycles. The Balaban J connectivity index is 1.67. The number of thiophene rings is 1. The molecule has 1 aromatic heterocycles. The molecule has 0 atom stereocenters. The third-order valence-electron chi connectivity index (χ3n) is 4.59. The molecule has 2 aromatic rings. The zero-order valence-electron chi connectivity index (χ0n) is 16.6. The molecule has 2 amide bonds. The van der Waals surface area contributed by atoms with Gasteiger partial charge in [0.2, 0.25) is 5.91 Å². The van der Waals surface area contributed by atoms with E-state index in [1.807, 2.05) is 6.92 Å². The van der Waals surface area contributed by atoms with Crippen molar-refractivity contribution in [1.82, 2.24) is 9.21 Å². The van der Waals surface area contributed by atoms with E-state index in [9.17, 15) is 18.0 Å². The van der Waals surface area contributed by atoms with E-state index in [2.05, 4.69) is 5.32 Å². The Kier molecular flexibility index (Phi) is 7.14. The third kappa shape index (κ3) is 5.19. The Bertz CT molecular complexity index is 1050. The highest BCUT2D eigenvalue weighted by Crippen LogP contribution is 2.26. The van der Waals surface area contributed by atoms with Gasteiger partial charge in [0.05, 0.1) is 24.6 Å². The molecule has 162 valence electrons. The fraction of sp³-hybridized carbons (Fsp3) is 0.368. The van der Waals surface area contributed by atoms with Crippen molar-refractivity contribution in [3.8, 4) is 0 Å². The van der Waals surface area contributed by atoms with Gasteiger partial charge in [-0.2, -0.15) is 4.31 Å². The molecule has 1 N–H and O–H groups in total. The molecule has 11 heteroatoms. The number of nitrogens with zero attached hydrogens (tertiary/aromatic N) is 2. The molecule has 1 fully saturated rings. The first-order valence-electron chi connectivity index (χ1n) is 9.17. The largest absolute Gasteiger partial charge is 0.378 e. The summed E-state index contributed by atoms with van der Waals surface area (Å²) >= 11 is 6.84. The van der Waals surface area contributed by atoms with Crippen molar-refractivity contribution in [3.05, 3.63) is 45.8 Å². The van der Waals surface area contributed by atoms with E-state index in [1.165, 1.54) is 19.2 Å². The maximum Gasteiger partial charge on any atom is 0.264 e. The number of carbonyl (C=O) groups excluding carboxylic acids is 2. The molecule has 3 rings (SSSR count). The van der Waals surface area contributed by atoms with E-state index in [-0.39, 0.29) is 16.7 Å². The van der Waals surface area contributed by atoms with Crippen molar-refractivity contribution in [2.24, 2.45) is 0 Å². The minimum Gasteiger partial charge on any atom is -0.378 e. The van der Waals surface area contributed by atoms with E-state index in [0.29, 0.717) is 41.9 Å². The van der Waals surface area contributed by atoms with Gasteiger partial charge in [0, 0.05) is 30.8 Å². The second-order valence-electron chi connectivity index (χ2n) is 6.79. The van der Waals surface area contributed by atoms with Crippen LogP contribution in [0.3, 0.4) is 0 Å². The van der Waals surface area contributed by atoms with E-state index >= 15 is 0 Å². The molecule has 1 aliphatic heterocycles. The number of benzene rings is 1. The Morgan fingerprint density at radius 3 is 2.63 bits per heavy atom. The monoisotopic (exact) mass is 471 g/mol. The number of carbonyl (C=O) groups is 2. The van der Waals surface area contributed by atoms with Gasteiger partial charge < -0.3 is 15.0 Å². The number of amides is 2. The van der Waals surface area contributed by atoms with Crippen molar-refractivity contribution in [2.45, 2.75) is 11.1 Å². The lowest BCUT2D eigenvalue weighted by Crippen LogP contribution is -2.40. The maximum absolute atomic E-state index is 12.8. The van der Waals surface area contributed by atoms with Crippen molar-refractivity contribution in [2.75, 3.05) is 45.2 Å². The summed E-state index contributed by atoms with van der Waals surface area (Å²) in [5.74, 6) is -0.714. The van der Waals surface area contributed by atoms with Crippen molar-refractivity contribution in [1.29, 1.82) is 0 Å². The number of ether oxygens (including phenoxy) is 1. The van der Waals surface area contributed by atoms with Crippen LogP contribution in [-0.4, -0.2) is 69.3 Å². The van der Waals surface area contributed by atoms with Crippen LogP contribution in [0.1, 0.15) is 15.2 Å². The maximum atomic E-state index is 12.8. The molecular weight excluding hydrogens is 450 g/mol. The standard InChI is InChI=1S/C19H22ClN3O5S2/c1-13-3-4-14(20)11-15(13)21-17(24)12-22(2)30(26,27)18-6-5-16(29-18)19(25)23-7-9-28-10-8-23/h3-6,11H,7-10,12H2,1-2H3,(H,21,24). The number of halogens is 1. The van der Waals surface area contributed by atoms with Gasteiger partial charge in [-0.15, -0.1) is 11.3 Å². The van der Waals surface area contributed by atoms with Gasteiger partial charge in [-0.25, -0.2) is 8.42 Å². The molecule has 0 bridgehead atoms.